The fourth-order valence-electron chi connectivity index (χ4n) is 5.99. The molecule has 4 aromatic rings. The van der Waals surface area contributed by atoms with Gasteiger partial charge in [0.25, 0.3) is 0 Å². The molecule has 4 aromatic carbocycles. The van der Waals surface area contributed by atoms with Crippen LogP contribution in [0.3, 0.4) is 0 Å². The van der Waals surface area contributed by atoms with E-state index in [1.807, 2.05) is 0 Å². The number of aliphatic hydroxyl groups excluding tert-OH is 2. The van der Waals surface area contributed by atoms with Gasteiger partial charge in [-0.05, 0) is 42.0 Å². The normalized spacial score (nSPS) is 25.9. The fraction of sp³-hybridized carbons (Fsp3) is 0.200. The zero-order valence-electron chi connectivity index (χ0n) is 20.7. The van der Waals surface area contributed by atoms with Gasteiger partial charge >= 0.3 is 5.79 Å². The largest absolute Gasteiger partial charge is 0.508 e. The van der Waals surface area contributed by atoms with Crippen molar-refractivity contribution < 1.29 is 50.0 Å². The molecule has 3 aliphatic heterocycles. The molecular formula is C30H24O10. The highest BCUT2D eigenvalue weighted by atomic mass is 16.7. The maximum Gasteiger partial charge on any atom is 0.305 e. The van der Waals surface area contributed by atoms with E-state index in [0.29, 0.717) is 22.3 Å². The van der Waals surface area contributed by atoms with Crippen LogP contribution in [0, 0.1) is 0 Å². The van der Waals surface area contributed by atoms with Crippen molar-refractivity contribution in [2.75, 3.05) is 0 Å². The van der Waals surface area contributed by atoms with Crippen LogP contribution in [0.15, 0.2) is 66.7 Å². The average Bonchev–Trinajstić information content (AvgIpc) is 2.90. The number of rotatable bonds is 2. The third-order valence-corrected chi connectivity index (χ3v) is 7.82. The molecule has 3 aliphatic rings. The maximum atomic E-state index is 11.9. The SMILES string of the molecule is Oc1ccc([C@@H]2Oc3c(c(O)cc4c3[C@H]3c5c(O)cc(O)cc5O[C@@](c5ccc(O)cc5)(O4)C3O)C[C@H]2O)cc1. The molecule has 0 spiro atoms. The molecule has 0 aromatic heterocycles. The molecule has 10 heteroatoms. The predicted octanol–water partition coefficient (Wildman–Crippen LogP) is 3.38. The van der Waals surface area contributed by atoms with Gasteiger partial charge in [0.2, 0.25) is 0 Å². The summed E-state index contributed by atoms with van der Waals surface area (Å²) in [4.78, 5) is 0. The maximum absolute atomic E-state index is 11.9. The Morgan fingerprint density at radius 1 is 0.675 bits per heavy atom. The van der Waals surface area contributed by atoms with Gasteiger partial charge in [-0.3, -0.25) is 0 Å². The summed E-state index contributed by atoms with van der Waals surface area (Å²) in [6.07, 6.45) is -3.38. The molecule has 0 amide bonds. The van der Waals surface area contributed by atoms with Crippen LogP contribution >= 0.6 is 0 Å². The Morgan fingerprint density at radius 2 is 1.30 bits per heavy atom. The quantitative estimate of drug-likeness (QED) is 0.199. The Hall–Kier alpha value is -4.80. The number of phenolic OH excluding ortho intramolecular Hbond substituents is 5. The third-order valence-electron chi connectivity index (χ3n) is 7.82. The van der Waals surface area contributed by atoms with E-state index in [-0.39, 0.29) is 58.0 Å². The summed E-state index contributed by atoms with van der Waals surface area (Å²) in [6, 6.07) is 15.8. The van der Waals surface area contributed by atoms with Gasteiger partial charge in [-0.25, -0.2) is 0 Å². The van der Waals surface area contributed by atoms with E-state index in [4.69, 9.17) is 14.2 Å². The summed E-state index contributed by atoms with van der Waals surface area (Å²) in [5.74, 6) is -3.36. The molecule has 0 saturated heterocycles. The number of benzene rings is 4. The van der Waals surface area contributed by atoms with E-state index in [1.54, 1.807) is 12.1 Å². The van der Waals surface area contributed by atoms with E-state index in [9.17, 15) is 35.7 Å². The van der Waals surface area contributed by atoms with Crippen molar-refractivity contribution in [3.05, 3.63) is 94.5 Å². The van der Waals surface area contributed by atoms with Gasteiger partial charge in [-0.1, -0.05) is 12.1 Å². The van der Waals surface area contributed by atoms with Crippen LogP contribution < -0.4 is 14.2 Å². The van der Waals surface area contributed by atoms with Gasteiger partial charge in [-0.2, -0.15) is 0 Å². The van der Waals surface area contributed by atoms with Gasteiger partial charge in [0.15, 0.2) is 0 Å². The Morgan fingerprint density at radius 3 is 1.98 bits per heavy atom. The Balaban J connectivity index is 1.47. The topological polar surface area (TPSA) is 169 Å². The Labute approximate surface area is 227 Å². The lowest BCUT2D eigenvalue weighted by molar-refractivity contribution is -0.219. The molecule has 0 fully saturated rings. The van der Waals surface area contributed by atoms with Gasteiger partial charge in [-0.15, -0.1) is 0 Å². The highest BCUT2D eigenvalue weighted by Gasteiger charge is 2.60. The fourth-order valence-corrected chi connectivity index (χ4v) is 5.99. The molecule has 40 heavy (non-hydrogen) atoms. The highest BCUT2D eigenvalue weighted by Crippen LogP contribution is 2.62. The van der Waals surface area contributed by atoms with Crippen LogP contribution in [-0.2, 0) is 12.2 Å². The molecule has 2 bridgehead atoms. The second-order valence-electron chi connectivity index (χ2n) is 10.2. The smallest absolute Gasteiger partial charge is 0.305 e. The molecule has 0 radical (unpaired) electrons. The van der Waals surface area contributed by atoms with E-state index in [2.05, 4.69) is 0 Å². The van der Waals surface area contributed by atoms with Gasteiger partial charge < -0.3 is 50.0 Å². The van der Waals surface area contributed by atoms with E-state index < -0.39 is 30.0 Å². The Bertz CT molecular complexity index is 1650. The van der Waals surface area contributed by atoms with Crippen molar-refractivity contribution in [2.45, 2.75) is 36.4 Å². The minimum Gasteiger partial charge on any atom is -0.508 e. The number of hydrogen-bond acceptors (Lipinski definition) is 10. The number of fused-ring (bicyclic) bond motifs is 8. The summed E-state index contributed by atoms with van der Waals surface area (Å²) >= 11 is 0. The highest BCUT2D eigenvalue weighted by molar-refractivity contribution is 5.67. The summed E-state index contributed by atoms with van der Waals surface area (Å²) in [5.41, 5.74) is 1.69. The molecule has 3 heterocycles. The van der Waals surface area contributed by atoms with Crippen molar-refractivity contribution in [1.82, 2.24) is 0 Å². The van der Waals surface area contributed by atoms with Crippen LogP contribution in [0.5, 0.6) is 46.0 Å². The van der Waals surface area contributed by atoms with Crippen molar-refractivity contribution >= 4 is 0 Å². The molecule has 7 N–H and O–H groups in total. The first kappa shape index (κ1) is 24.3. The molecule has 204 valence electrons. The second kappa shape index (κ2) is 8.35. The second-order valence-corrected chi connectivity index (χ2v) is 10.2. The molecule has 5 atom stereocenters. The summed E-state index contributed by atoms with van der Waals surface area (Å²) in [5, 5.41) is 74.7. The van der Waals surface area contributed by atoms with Crippen molar-refractivity contribution in [1.29, 1.82) is 0 Å². The molecule has 0 saturated carbocycles. The lowest BCUT2D eigenvalue weighted by Crippen LogP contribution is -2.57. The zero-order chi connectivity index (χ0) is 27.9. The molecular weight excluding hydrogens is 520 g/mol. The zero-order valence-corrected chi connectivity index (χ0v) is 20.7. The number of hydrogen-bond donors (Lipinski definition) is 7. The Kier molecular flexibility index (Phi) is 5.06. The summed E-state index contributed by atoms with van der Waals surface area (Å²) in [6.45, 7) is 0. The molecule has 7 rings (SSSR count). The van der Waals surface area contributed by atoms with Crippen LogP contribution in [0.4, 0.5) is 0 Å². The summed E-state index contributed by atoms with van der Waals surface area (Å²) in [7, 11) is 0. The van der Waals surface area contributed by atoms with Gasteiger partial charge in [0.1, 0.15) is 58.2 Å². The van der Waals surface area contributed by atoms with E-state index >= 15 is 0 Å². The first-order valence-corrected chi connectivity index (χ1v) is 12.6. The predicted molar refractivity (Wildman–Crippen MR) is 138 cm³/mol. The minimum absolute atomic E-state index is 0.0107. The monoisotopic (exact) mass is 544 g/mol. The average molecular weight is 545 g/mol. The number of ether oxygens (including phenoxy) is 3. The van der Waals surface area contributed by atoms with Gasteiger partial charge in [0.05, 0.1) is 12.0 Å². The molecule has 10 nitrogen and oxygen atoms in total. The minimum atomic E-state index is -1.89. The van der Waals surface area contributed by atoms with Crippen LogP contribution in [0.1, 0.15) is 39.8 Å². The number of aromatic hydroxyl groups is 5. The first-order valence-electron chi connectivity index (χ1n) is 12.6. The van der Waals surface area contributed by atoms with E-state index in [1.165, 1.54) is 48.5 Å². The van der Waals surface area contributed by atoms with Crippen LogP contribution in [-0.4, -0.2) is 48.0 Å². The number of aliphatic hydroxyl groups is 2. The lowest BCUT2D eigenvalue weighted by atomic mass is 9.74. The van der Waals surface area contributed by atoms with Crippen molar-refractivity contribution in [3.63, 3.8) is 0 Å². The molecule has 1 unspecified atom stereocenters. The standard InChI is InChI=1S/C30H24O10/c31-15-5-1-13(2-6-15)27-21(36)11-18-19(34)12-23-25(28(18)38-27)26-24-20(35)9-17(33)10-22(24)39-30(40-23,29(26)37)14-3-7-16(32)8-4-14/h1-10,12,21,26-27,29,31-37H,11H2/t21-,26-,27+,29?,30+/m1/s1. The van der Waals surface area contributed by atoms with Crippen molar-refractivity contribution in [2.24, 2.45) is 0 Å². The van der Waals surface area contributed by atoms with E-state index in [0.717, 1.165) is 6.07 Å². The van der Waals surface area contributed by atoms with Crippen molar-refractivity contribution in [3.8, 4) is 46.0 Å². The van der Waals surface area contributed by atoms with Crippen LogP contribution in [0.25, 0.3) is 0 Å². The number of phenols is 5. The van der Waals surface area contributed by atoms with Gasteiger partial charge in [0, 0.05) is 46.9 Å². The molecule has 0 aliphatic carbocycles. The summed E-state index contributed by atoms with van der Waals surface area (Å²) < 4.78 is 18.9. The van der Waals surface area contributed by atoms with Crippen LogP contribution in [0.2, 0.25) is 0 Å². The first-order chi connectivity index (χ1) is 19.2. The third kappa shape index (κ3) is 3.36. The lowest BCUT2D eigenvalue weighted by Gasteiger charge is -2.50.